The number of hydrogen-bond donors (Lipinski definition) is 1. The zero-order valence-corrected chi connectivity index (χ0v) is 14.0. The van der Waals surface area contributed by atoms with Gasteiger partial charge in [-0.05, 0) is 68.3 Å². The van der Waals surface area contributed by atoms with Gasteiger partial charge in [0, 0.05) is 24.5 Å². The van der Waals surface area contributed by atoms with Gasteiger partial charge < -0.3 is 5.73 Å². The lowest BCUT2D eigenvalue weighted by Gasteiger charge is -2.34. The van der Waals surface area contributed by atoms with Crippen molar-refractivity contribution in [2.45, 2.75) is 59.0 Å². The average Bonchev–Trinajstić information content (AvgIpc) is 2.65. The van der Waals surface area contributed by atoms with Gasteiger partial charge in [-0.2, -0.15) is 0 Å². The number of aromatic nitrogens is 1. The Labute approximate surface area is 129 Å². The highest BCUT2D eigenvalue weighted by Gasteiger charge is 2.30. The zero-order chi connectivity index (χ0) is 15.5. The Hall–Kier alpha value is -0.930. The van der Waals surface area contributed by atoms with Gasteiger partial charge in [0.2, 0.25) is 0 Å². The van der Waals surface area contributed by atoms with Crippen molar-refractivity contribution in [2.24, 2.45) is 17.1 Å². The van der Waals surface area contributed by atoms with Crippen molar-refractivity contribution in [3.63, 3.8) is 0 Å². The predicted molar refractivity (Wildman–Crippen MR) is 89.0 cm³/mol. The summed E-state index contributed by atoms with van der Waals surface area (Å²) >= 11 is 0. The van der Waals surface area contributed by atoms with Crippen LogP contribution in [0.2, 0.25) is 0 Å². The maximum Gasteiger partial charge on any atom is 0.0497 e. The Kier molecular flexibility index (Phi) is 5.39. The van der Waals surface area contributed by atoms with Crippen LogP contribution >= 0.6 is 0 Å². The summed E-state index contributed by atoms with van der Waals surface area (Å²) in [6, 6.07) is 4.67. The van der Waals surface area contributed by atoms with Gasteiger partial charge in [-0.15, -0.1) is 0 Å². The zero-order valence-electron chi connectivity index (χ0n) is 14.0. The number of likely N-dealkylation sites (tertiary alicyclic amines) is 1. The summed E-state index contributed by atoms with van der Waals surface area (Å²) in [7, 11) is 0. The minimum absolute atomic E-state index is 0.138. The maximum absolute atomic E-state index is 6.31. The quantitative estimate of drug-likeness (QED) is 0.924. The van der Waals surface area contributed by atoms with Crippen LogP contribution in [0.1, 0.15) is 58.6 Å². The summed E-state index contributed by atoms with van der Waals surface area (Å²) in [6.07, 6.45) is 7.64. The van der Waals surface area contributed by atoms with Gasteiger partial charge >= 0.3 is 0 Å². The second-order valence-corrected chi connectivity index (χ2v) is 7.61. The Morgan fingerprint density at radius 3 is 2.43 bits per heavy atom. The van der Waals surface area contributed by atoms with Gasteiger partial charge in [0.1, 0.15) is 0 Å². The van der Waals surface area contributed by atoms with E-state index in [-0.39, 0.29) is 6.04 Å². The first kappa shape index (κ1) is 16.4. The van der Waals surface area contributed by atoms with E-state index in [1.807, 2.05) is 12.4 Å². The van der Waals surface area contributed by atoms with E-state index < -0.39 is 0 Å². The van der Waals surface area contributed by atoms with Crippen molar-refractivity contribution < 1.29 is 0 Å². The maximum atomic E-state index is 6.31. The van der Waals surface area contributed by atoms with E-state index in [1.54, 1.807) is 0 Å². The van der Waals surface area contributed by atoms with Crippen molar-refractivity contribution in [1.82, 2.24) is 9.88 Å². The lowest BCUT2D eigenvalue weighted by Crippen LogP contribution is -2.40. The predicted octanol–water partition coefficient (Wildman–Crippen LogP) is 3.62. The molecule has 1 saturated heterocycles. The molecule has 0 amide bonds. The summed E-state index contributed by atoms with van der Waals surface area (Å²) in [5.41, 5.74) is 8.02. The molecule has 3 heteroatoms. The minimum atomic E-state index is 0.138. The van der Waals surface area contributed by atoms with Crippen molar-refractivity contribution in [3.8, 4) is 0 Å². The van der Waals surface area contributed by atoms with Crippen molar-refractivity contribution in [2.75, 3.05) is 13.1 Å². The van der Waals surface area contributed by atoms with Crippen LogP contribution in [0.15, 0.2) is 24.5 Å². The van der Waals surface area contributed by atoms with E-state index in [2.05, 4.69) is 49.7 Å². The van der Waals surface area contributed by atoms with Gasteiger partial charge in [-0.25, -0.2) is 0 Å². The third kappa shape index (κ3) is 4.27. The molecule has 0 spiro atoms. The van der Waals surface area contributed by atoms with Crippen LogP contribution in [0, 0.1) is 11.3 Å². The molecule has 2 heterocycles. The standard InChI is InChI=1S/C18H31N3/c1-14(19)17(15-7-10-20-11-8-15)21-12-5-6-16(9-13-21)18(2,3)4/h7-8,10-11,14,16-17H,5-6,9,12-13,19H2,1-4H3. The van der Waals surface area contributed by atoms with Gasteiger partial charge in [0.25, 0.3) is 0 Å². The van der Waals surface area contributed by atoms with Crippen LogP contribution in [-0.2, 0) is 0 Å². The minimum Gasteiger partial charge on any atom is -0.326 e. The molecule has 2 rings (SSSR count). The Morgan fingerprint density at radius 2 is 1.86 bits per heavy atom. The average molecular weight is 289 g/mol. The molecule has 1 fully saturated rings. The molecule has 21 heavy (non-hydrogen) atoms. The van der Waals surface area contributed by atoms with Crippen LogP contribution in [0.4, 0.5) is 0 Å². The second kappa shape index (κ2) is 6.89. The van der Waals surface area contributed by atoms with Crippen LogP contribution < -0.4 is 5.73 Å². The number of nitrogens with zero attached hydrogens (tertiary/aromatic N) is 2. The van der Waals surface area contributed by atoms with Crippen LogP contribution in [0.25, 0.3) is 0 Å². The summed E-state index contributed by atoms with van der Waals surface area (Å²) in [6.45, 7) is 11.5. The van der Waals surface area contributed by atoms with Gasteiger partial charge in [0.05, 0.1) is 0 Å². The molecule has 0 bridgehead atoms. The Bertz CT molecular complexity index is 422. The molecule has 1 aliphatic rings. The third-order valence-corrected chi connectivity index (χ3v) is 4.93. The molecule has 0 radical (unpaired) electrons. The highest BCUT2D eigenvalue weighted by Crippen LogP contribution is 2.36. The van der Waals surface area contributed by atoms with E-state index in [9.17, 15) is 0 Å². The van der Waals surface area contributed by atoms with E-state index in [1.165, 1.54) is 24.8 Å². The molecule has 0 aromatic carbocycles. The number of pyridine rings is 1. The molecule has 0 saturated carbocycles. The van der Waals surface area contributed by atoms with E-state index >= 15 is 0 Å². The third-order valence-electron chi connectivity index (χ3n) is 4.93. The fourth-order valence-electron chi connectivity index (χ4n) is 3.67. The molecular formula is C18H31N3. The second-order valence-electron chi connectivity index (χ2n) is 7.61. The van der Waals surface area contributed by atoms with Gasteiger partial charge in [0.15, 0.2) is 0 Å². The molecule has 2 N–H and O–H groups in total. The Morgan fingerprint density at radius 1 is 1.19 bits per heavy atom. The lowest BCUT2D eigenvalue weighted by molar-refractivity contribution is 0.168. The first-order valence-electron chi connectivity index (χ1n) is 8.29. The van der Waals surface area contributed by atoms with Gasteiger partial charge in [-0.1, -0.05) is 20.8 Å². The highest BCUT2D eigenvalue weighted by atomic mass is 15.2. The molecule has 118 valence electrons. The number of rotatable bonds is 3. The molecule has 3 atom stereocenters. The van der Waals surface area contributed by atoms with E-state index in [0.29, 0.717) is 11.5 Å². The fraction of sp³-hybridized carbons (Fsp3) is 0.722. The van der Waals surface area contributed by atoms with Crippen LogP contribution in [0.5, 0.6) is 0 Å². The summed E-state index contributed by atoms with van der Waals surface area (Å²) in [5.74, 6) is 0.814. The molecule has 3 nitrogen and oxygen atoms in total. The molecule has 1 aromatic heterocycles. The Balaban J connectivity index is 2.12. The molecule has 3 unspecified atom stereocenters. The fourth-order valence-corrected chi connectivity index (χ4v) is 3.67. The first-order valence-corrected chi connectivity index (χ1v) is 8.29. The summed E-state index contributed by atoms with van der Waals surface area (Å²) < 4.78 is 0. The summed E-state index contributed by atoms with van der Waals surface area (Å²) in [5, 5.41) is 0. The number of hydrogen-bond acceptors (Lipinski definition) is 3. The van der Waals surface area contributed by atoms with Crippen molar-refractivity contribution in [3.05, 3.63) is 30.1 Å². The smallest absolute Gasteiger partial charge is 0.0497 e. The molecule has 1 aliphatic heterocycles. The topological polar surface area (TPSA) is 42.1 Å². The van der Waals surface area contributed by atoms with Crippen molar-refractivity contribution in [1.29, 1.82) is 0 Å². The van der Waals surface area contributed by atoms with Crippen molar-refractivity contribution >= 4 is 0 Å². The van der Waals surface area contributed by atoms with Crippen LogP contribution in [0.3, 0.4) is 0 Å². The molecule has 1 aromatic rings. The SMILES string of the molecule is CC(N)C(c1ccncc1)N1CCCC(C(C)(C)C)CC1. The summed E-state index contributed by atoms with van der Waals surface area (Å²) in [4.78, 5) is 6.72. The monoisotopic (exact) mass is 289 g/mol. The van der Waals surface area contributed by atoms with Crippen LogP contribution in [-0.4, -0.2) is 29.0 Å². The van der Waals surface area contributed by atoms with E-state index in [0.717, 1.165) is 19.0 Å². The normalized spacial score (nSPS) is 24.3. The largest absolute Gasteiger partial charge is 0.326 e. The molecular weight excluding hydrogens is 258 g/mol. The first-order chi connectivity index (χ1) is 9.89. The number of nitrogens with two attached hydrogens (primary N) is 1. The van der Waals surface area contributed by atoms with Gasteiger partial charge in [-0.3, -0.25) is 9.88 Å². The lowest BCUT2D eigenvalue weighted by atomic mass is 9.77. The van der Waals surface area contributed by atoms with E-state index in [4.69, 9.17) is 5.73 Å². The molecule has 0 aliphatic carbocycles. The highest BCUT2D eigenvalue weighted by molar-refractivity contribution is 5.17.